The van der Waals surface area contributed by atoms with Crippen molar-refractivity contribution in [3.05, 3.63) is 84.4 Å². The Morgan fingerprint density at radius 3 is 1.97 bits per heavy atom. The van der Waals surface area contributed by atoms with E-state index in [2.05, 4.69) is 22.6 Å². The molecular weight excluding hydrogens is 440 g/mol. The molecule has 0 aliphatic rings. The molecule has 2 N–H and O–H groups in total. The third kappa shape index (κ3) is 9.60. The van der Waals surface area contributed by atoms with Gasteiger partial charge in [0.25, 0.3) is 0 Å². The molecule has 2 amide bonds. The Kier molecular flexibility index (Phi) is 9.83. The number of ether oxygens (including phenoxy) is 1. The first-order chi connectivity index (χ1) is 16.9. The first-order valence-corrected chi connectivity index (χ1v) is 11.7. The average Bonchev–Trinajstić information content (AvgIpc) is 2.82. The maximum atomic E-state index is 12.4. The van der Waals surface area contributed by atoms with Crippen LogP contribution < -0.4 is 15.4 Å². The minimum atomic E-state index is -0.0704. The van der Waals surface area contributed by atoms with E-state index in [0.717, 1.165) is 48.9 Å². The quantitative estimate of drug-likeness (QED) is 0.393. The molecule has 0 heterocycles. The number of likely N-dealkylation sites (N-methyl/N-ethyl adjacent to an activating group) is 1. The number of nitrogens with one attached hydrogen (secondary N) is 2. The van der Waals surface area contributed by atoms with Crippen LogP contribution in [0.5, 0.6) is 11.5 Å². The number of benzene rings is 3. The Morgan fingerprint density at radius 1 is 0.743 bits per heavy atom. The number of carbonyl (C=O) groups excluding carboxylic acids is 2. The molecule has 0 radical (unpaired) electrons. The van der Waals surface area contributed by atoms with Crippen molar-refractivity contribution in [1.82, 2.24) is 9.80 Å². The standard InChI is InChI=1S/C28H34N4O3/c1-22(33)29-24-12-10-23(11-13-24)20-31(2)18-7-19-32(3)21-28(34)30-25-14-16-27(17-15-25)35-26-8-5-4-6-9-26/h4-6,8-17H,7,18-21H2,1-3H3,(H,29,33)(H,30,34). The summed E-state index contributed by atoms with van der Waals surface area (Å²) < 4.78 is 5.78. The van der Waals surface area contributed by atoms with E-state index >= 15 is 0 Å². The minimum absolute atomic E-state index is 0.0446. The number of hydrogen-bond acceptors (Lipinski definition) is 5. The summed E-state index contributed by atoms with van der Waals surface area (Å²) in [5.41, 5.74) is 2.74. The van der Waals surface area contributed by atoms with Crippen LogP contribution in [0.3, 0.4) is 0 Å². The van der Waals surface area contributed by atoms with Crippen molar-refractivity contribution in [2.24, 2.45) is 0 Å². The van der Waals surface area contributed by atoms with E-state index in [0.29, 0.717) is 6.54 Å². The van der Waals surface area contributed by atoms with Gasteiger partial charge in [0.2, 0.25) is 11.8 Å². The van der Waals surface area contributed by atoms with Crippen LogP contribution in [0.1, 0.15) is 18.9 Å². The summed E-state index contributed by atoms with van der Waals surface area (Å²) in [5.74, 6) is 1.38. The third-order valence-electron chi connectivity index (χ3n) is 5.34. The normalized spacial score (nSPS) is 10.9. The summed E-state index contributed by atoms with van der Waals surface area (Å²) in [7, 11) is 4.04. The monoisotopic (exact) mass is 474 g/mol. The number of rotatable bonds is 12. The SMILES string of the molecule is CC(=O)Nc1ccc(CN(C)CCCN(C)CC(=O)Nc2ccc(Oc3ccccc3)cc2)cc1. The second-order valence-electron chi connectivity index (χ2n) is 8.69. The van der Waals surface area contributed by atoms with E-state index in [1.165, 1.54) is 12.5 Å². The van der Waals surface area contributed by atoms with E-state index in [-0.39, 0.29) is 11.8 Å². The van der Waals surface area contributed by atoms with E-state index < -0.39 is 0 Å². The predicted octanol–water partition coefficient (Wildman–Crippen LogP) is 4.83. The molecule has 0 aliphatic heterocycles. The van der Waals surface area contributed by atoms with Gasteiger partial charge in [-0.15, -0.1) is 0 Å². The highest BCUT2D eigenvalue weighted by atomic mass is 16.5. The number of hydrogen-bond donors (Lipinski definition) is 2. The first-order valence-electron chi connectivity index (χ1n) is 11.7. The van der Waals surface area contributed by atoms with Gasteiger partial charge in [-0.2, -0.15) is 0 Å². The Hall–Kier alpha value is -3.68. The van der Waals surface area contributed by atoms with Crippen LogP contribution in [0, 0.1) is 0 Å². The Labute approximate surface area is 207 Å². The van der Waals surface area contributed by atoms with Crippen LogP contribution in [-0.4, -0.2) is 55.3 Å². The minimum Gasteiger partial charge on any atom is -0.457 e. The van der Waals surface area contributed by atoms with Crippen molar-refractivity contribution in [3.8, 4) is 11.5 Å². The van der Waals surface area contributed by atoms with E-state index in [1.54, 1.807) is 0 Å². The number of para-hydroxylation sites is 1. The Morgan fingerprint density at radius 2 is 1.31 bits per heavy atom. The molecule has 3 aromatic carbocycles. The molecule has 0 bridgehead atoms. The van der Waals surface area contributed by atoms with Crippen molar-refractivity contribution in [2.45, 2.75) is 19.9 Å². The second kappa shape index (κ2) is 13.3. The van der Waals surface area contributed by atoms with Crippen LogP contribution in [0.2, 0.25) is 0 Å². The summed E-state index contributed by atoms with van der Waals surface area (Å²) in [6, 6.07) is 24.8. The number of nitrogens with zero attached hydrogens (tertiary/aromatic N) is 2. The molecule has 0 unspecified atom stereocenters. The molecule has 7 heteroatoms. The van der Waals surface area contributed by atoms with E-state index in [9.17, 15) is 9.59 Å². The topological polar surface area (TPSA) is 73.9 Å². The Bertz CT molecular complexity index is 1070. The van der Waals surface area contributed by atoms with Crippen molar-refractivity contribution in [1.29, 1.82) is 0 Å². The number of anilines is 2. The Balaban J connectivity index is 1.33. The summed E-state index contributed by atoms with van der Waals surface area (Å²) >= 11 is 0. The molecule has 3 aromatic rings. The molecule has 0 fully saturated rings. The van der Waals surface area contributed by atoms with Gasteiger partial charge < -0.3 is 20.3 Å². The van der Waals surface area contributed by atoms with Gasteiger partial charge in [-0.1, -0.05) is 30.3 Å². The second-order valence-corrected chi connectivity index (χ2v) is 8.69. The summed E-state index contributed by atoms with van der Waals surface area (Å²) in [4.78, 5) is 27.8. The summed E-state index contributed by atoms with van der Waals surface area (Å²) in [6.07, 6.45) is 0.954. The molecule has 0 spiro atoms. The number of carbonyl (C=O) groups is 2. The smallest absolute Gasteiger partial charge is 0.238 e. The number of amides is 2. The highest BCUT2D eigenvalue weighted by molar-refractivity contribution is 5.92. The lowest BCUT2D eigenvalue weighted by Crippen LogP contribution is -2.32. The van der Waals surface area contributed by atoms with Gasteiger partial charge in [0, 0.05) is 24.8 Å². The van der Waals surface area contributed by atoms with Gasteiger partial charge in [-0.25, -0.2) is 0 Å². The average molecular weight is 475 g/mol. The molecule has 3 rings (SSSR count). The fraction of sp³-hybridized carbons (Fsp3) is 0.286. The highest BCUT2D eigenvalue weighted by Gasteiger charge is 2.08. The largest absolute Gasteiger partial charge is 0.457 e. The molecule has 0 saturated heterocycles. The van der Waals surface area contributed by atoms with E-state index in [1.807, 2.05) is 90.8 Å². The van der Waals surface area contributed by atoms with Gasteiger partial charge in [0.05, 0.1) is 6.54 Å². The molecule has 0 aromatic heterocycles. The van der Waals surface area contributed by atoms with Gasteiger partial charge in [-0.3, -0.25) is 14.5 Å². The summed E-state index contributed by atoms with van der Waals surface area (Å²) in [6.45, 7) is 4.40. The zero-order chi connectivity index (χ0) is 25.0. The predicted molar refractivity (Wildman–Crippen MR) is 141 cm³/mol. The lowest BCUT2D eigenvalue weighted by atomic mass is 10.2. The molecule has 184 valence electrons. The van der Waals surface area contributed by atoms with Gasteiger partial charge >= 0.3 is 0 Å². The van der Waals surface area contributed by atoms with Gasteiger partial charge in [0.1, 0.15) is 11.5 Å². The maximum Gasteiger partial charge on any atom is 0.238 e. The molecular formula is C28H34N4O3. The van der Waals surface area contributed by atoms with Gasteiger partial charge in [-0.05, 0) is 87.7 Å². The lowest BCUT2D eigenvalue weighted by molar-refractivity contribution is -0.117. The van der Waals surface area contributed by atoms with Crippen molar-refractivity contribution in [3.63, 3.8) is 0 Å². The van der Waals surface area contributed by atoms with Crippen molar-refractivity contribution < 1.29 is 14.3 Å². The van der Waals surface area contributed by atoms with Crippen molar-refractivity contribution in [2.75, 3.05) is 44.4 Å². The van der Waals surface area contributed by atoms with Gasteiger partial charge in [0.15, 0.2) is 0 Å². The molecule has 0 saturated carbocycles. The molecule has 0 atom stereocenters. The zero-order valence-electron chi connectivity index (χ0n) is 20.7. The van der Waals surface area contributed by atoms with E-state index in [4.69, 9.17) is 4.74 Å². The van der Waals surface area contributed by atoms with Crippen LogP contribution in [0.4, 0.5) is 11.4 Å². The van der Waals surface area contributed by atoms with Crippen molar-refractivity contribution >= 4 is 23.2 Å². The van der Waals surface area contributed by atoms with Crippen LogP contribution in [0.25, 0.3) is 0 Å². The fourth-order valence-electron chi connectivity index (χ4n) is 3.65. The highest BCUT2D eigenvalue weighted by Crippen LogP contribution is 2.22. The molecule has 0 aliphatic carbocycles. The fourth-order valence-corrected chi connectivity index (χ4v) is 3.65. The van der Waals surface area contributed by atoms with Crippen LogP contribution in [0.15, 0.2) is 78.9 Å². The maximum absolute atomic E-state index is 12.4. The van der Waals surface area contributed by atoms with Crippen LogP contribution in [-0.2, 0) is 16.1 Å². The van der Waals surface area contributed by atoms with Crippen LogP contribution >= 0.6 is 0 Å². The third-order valence-corrected chi connectivity index (χ3v) is 5.34. The zero-order valence-corrected chi connectivity index (χ0v) is 20.7. The molecule has 35 heavy (non-hydrogen) atoms. The molecule has 7 nitrogen and oxygen atoms in total. The lowest BCUT2D eigenvalue weighted by Gasteiger charge is -2.20. The summed E-state index contributed by atoms with van der Waals surface area (Å²) in [5, 5.41) is 5.72. The first kappa shape index (κ1) is 25.9.